The summed E-state index contributed by atoms with van der Waals surface area (Å²) in [4.78, 5) is 12.2. The number of benzene rings is 2. The summed E-state index contributed by atoms with van der Waals surface area (Å²) in [6.45, 7) is 4.97. The van der Waals surface area contributed by atoms with Gasteiger partial charge in [0.15, 0.2) is 11.0 Å². The molecule has 1 N–H and O–H groups in total. The molecule has 3 aromatic rings. The fourth-order valence-electron chi connectivity index (χ4n) is 2.58. The van der Waals surface area contributed by atoms with E-state index in [0.717, 1.165) is 11.3 Å². The smallest absolute Gasteiger partial charge is 0.234 e. The Morgan fingerprint density at radius 3 is 2.71 bits per heavy atom. The lowest BCUT2D eigenvalue weighted by molar-refractivity contribution is -0.113. The molecule has 3 rings (SSSR count). The first-order chi connectivity index (χ1) is 13.5. The molecular weight excluding hydrogens is 396 g/mol. The van der Waals surface area contributed by atoms with Crippen LogP contribution in [0.25, 0.3) is 0 Å². The molecule has 0 aliphatic heterocycles. The van der Waals surface area contributed by atoms with Crippen LogP contribution in [0.2, 0.25) is 5.02 Å². The average Bonchev–Trinajstić information content (AvgIpc) is 3.08. The van der Waals surface area contributed by atoms with Gasteiger partial charge in [-0.25, -0.2) is 0 Å². The minimum absolute atomic E-state index is 0.0831. The van der Waals surface area contributed by atoms with Gasteiger partial charge in [-0.2, -0.15) is 0 Å². The van der Waals surface area contributed by atoms with E-state index in [1.165, 1.54) is 11.8 Å². The van der Waals surface area contributed by atoms with Gasteiger partial charge in [-0.15, -0.1) is 10.2 Å². The third-order valence-electron chi connectivity index (χ3n) is 3.93. The van der Waals surface area contributed by atoms with Crippen LogP contribution in [0.1, 0.15) is 18.3 Å². The zero-order chi connectivity index (χ0) is 19.9. The van der Waals surface area contributed by atoms with Gasteiger partial charge in [0.1, 0.15) is 12.4 Å². The molecular formula is C20H21ClN4O2S. The van der Waals surface area contributed by atoms with Gasteiger partial charge in [-0.05, 0) is 55.8 Å². The van der Waals surface area contributed by atoms with E-state index >= 15 is 0 Å². The largest absolute Gasteiger partial charge is 0.486 e. The Labute approximate surface area is 173 Å². The summed E-state index contributed by atoms with van der Waals surface area (Å²) in [6.07, 6.45) is 0. The zero-order valence-corrected chi connectivity index (χ0v) is 17.3. The predicted octanol–water partition coefficient (Wildman–Crippen LogP) is 4.57. The maximum absolute atomic E-state index is 12.2. The number of halogens is 1. The van der Waals surface area contributed by atoms with Crippen molar-refractivity contribution in [3.8, 4) is 5.75 Å². The highest BCUT2D eigenvalue weighted by Crippen LogP contribution is 2.20. The van der Waals surface area contributed by atoms with E-state index in [-0.39, 0.29) is 11.7 Å². The second-order valence-corrected chi connectivity index (χ2v) is 7.47. The molecule has 0 saturated carbocycles. The van der Waals surface area contributed by atoms with Gasteiger partial charge in [0.25, 0.3) is 0 Å². The number of thioether (sulfide) groups is 1. The number of amides is 1. The first-order valence-corrected chi connectivity index (χ1v) is 10.2. The van der Waals surface area contributed by atoms with Gasteiger partial charge >= 0.3 is 0 Å². The van der Waals surface area contributed by atoms with Crippen molar-refractivity contribution in [2.45, 2.75) is 32.2 Å². The second-order valence-electron chi connectivity index (χ2n) is 6.09. The van der Waals surface area contributed by atoms with E-state index in [1.807, 2.05) is 42.7 Å². The van der Waals surface area contributed by atoms with Crippen molar-refractivity contribution in [3.05, 3.63) is 64.9 Å². The predicted molar refractivity (Wildman–Crippen MR) is 112 cm³/mol. The van der Waals surface area contributed by atoms with Gasteiger partial charge in [0, 0.05) is 17.3 Å². The monoisotopic (exact) mass is 416 g/mol. The molecule has 1 aromatic heterocycles. The van der Waals surface area contributed by atoms with E-state index in [2.05, 4.69) is 15.5 Å². The molecule has 1 heterocycles. The van der Waals surface area contributed by atoms with Crippen LogP contribution < -0.4 is 10.1 Å². The normalized spacial score (nSPS) is 10.7. The number of carbonyl (C=O) groups is 1. The van der Waals surface area contributed by atoms with Crippen molar-refractivity contribution in [1.29, 1.82) is 0 Å². The van der Waals surface area contributed by atoms with Crippen LogP contribution in [0, 0.1) is 6.92 Å². The Hall–Kier alpha value is -2.51. The Morgan fingerprint density at radius 2 is 2.00 bits per heavy atom. The molecule has 6 nitrogen and oxygen atoms in total. The summed E-state index contributed by atoms with van der Waals surface area (Å²) < 4.78 is 7.69. The Bertz CT molecular complexity index is 944. The number of hydrogen-bond donors (Lipinski definition) is 1. The third kappa shape index (κ3) is 5.50. The van der Waals surface area contributed by atoms with Gasteiger partial charge < -0.3 is 14.6 Å². The van der Waals surface area contributed by atoms with E-state index < -0.39 is 0 Å². The third-order valence-corrected chi connectivity index (χ3v) is 5.14. The lowest BCUT2D eigenvalue weighted by Gasteiger charge is -2.09. The van der Waals surface area contributed by atoms with Gasteiger partial charge in [0.05, 0.1) is 5.75 Å². The first-order valence-electron chi connectivity index (χ1n) is 8.85. The highest BCUT2D eigenvalue weighted by Gasteiger charge is 2.14. The summed E-state index contributed by atoms with van der Waals surface area (Å²) >= 11 is 7.23. The summed E-state index contributed by atoms with van der Waals surface area (Å²) in [6, 6.07) is 14.9. The van der Waals surface area contributed by atoms with Crippen molar-refractivity contribution < 1.29 is 9.53 Å². The summed E-state index contributed by atoms with van der Waals surface area (Å²) in [5.41, 5.74) is 1.89. The standard InChI is InChI=1S/C20H21ClN4O2S/c1-3-25-18(12-27-17-9-7-15(21)8-10-17)23-24-20(25)28-13-19(26)22-16-6-4-5-14(2)11-16/h4-11H,3,12-13H2,1-2H3,(H,22,26). The molecule has 0 atom stereocenters. The molecule has 0 fully saturated rings. The maximum Gasteiger partial charge on any atom is 0.234 e. The number of hydrogen-bond acceptors (Lipinski definition) is 5. The molecule has 0 saturated heterocycles. The summed E-state index contributed by atoms with van der Waals surface area (Å²) in [7, 11) is 0. The molecule has 8 heteroatoms. The van der Waals surface area contributed by atoms with Crippen molar-refractivity contribution >= 4 is 35.0 Å². The molecule has 0 aliphatic rings. The zero-order valence-electron chi connectivity index (χ0n) is 15.7. The number of aromatic nitrogens is 3. The molecule has 146 valence electrons. The maximum atomic E-state index is 12.2. The number of nitrogens with zero attached hydrogens (tertiary/aromatic N) is 3. The molecule has 0 unspecified atom stereocenters. The Kier molecular flexibility index (Phi) is 6.95. The molecule has 0 aliphatic carbocycles. The average molecular weight is 417 g/mol. The van der Waals surface area contributed by atoms with Crippen LogP contribution >= 0.6 is 23.4 Å². The fraction of sp³-hybridized carbons (Fsp3) is 0.250. The highest BCUT2D eigenvalue weighted by molar-refractivity contribution is 7.99. The van der Waals surface area contributed by atoms with Gasteiger partial charge in [-0.3, -0.25) is 4.79 Å². The molecule has 0 radical (unpaired) electrons. The number of rotatable bonds is 8. The first kappa shape index (κ1) is 20.2. The summed E-state index contributed by atoms with van der Waals surface area (Å²) in [5.74, 6) is 1.59. The van der Waals surface area contributed by atoms with Crippen molar-refractivity contribution in [3.63, 3.8) is 0 Å². The van der Waals surface area contributed by atoms with Crippen molar-refractivity contribution in [1.82, 2.24) is 14.8 Å². The SMILES string of the molecule is CCn1c(COc2ccc(Cl)cc2)nnc1SCC(=O)Nc1cccc(C)c1. The minimum atomic E-state index is -0.0831. The van der Waals surface area contributed by atoms with E-state index in [4.69, 9.17) is 16.3 Å². The van der Waals surface area contributed by atoms with Crippen LogP contribution in [0.3, 0.4) is 0 Å². The lowest BCUT2D eigenvalue weighted by Crippen LogP contribution is -2.15. The number of carbonyl (C=O) groups excluding carboxylic acids is 1. The Balaban J connectivity index is 1.57. The molecule has 28 heavy (non-hydrogen) atoms. The number of anilines is 1. The van der Waals surface area contributed by atoms with Crippen LogP contribution in [-0.4, -0.2) is 26.4 Å². The van der Waals surface area contributed by atoms with Gasteiger partial charge in [-0.1, -0.05) is 35.5 Å². The van der Waals surface area contributed by atoms with E-state index in [0.29, 0.717) is 34.9 Å². The fourth-order valence-corrected chi connectivity index (χ4v) is 3.53. The number of nitrogens with one attached hydrogen (secondary N) is 1. The molecule has 0 bridgehead atoms. The number of ether oxygens (including phenoxy) is 1. The highest BCUT2D eigenvalue weighted by atomic mass is 35.5. The molecule has 2 aromatic carbocycles. The second kappa shape index (κ2) is 9.61. The minimum Gasteiger partial charge on any atom is -0.486 e. The van der Waals surface area contributed by atoms with Crippen LogP contribution in [0.15, 0.2) is 53.7 Å². The van der Waals surface area contributed by atoms with Crippen LogP contribution in [-0.2, 0) is 17.9 Å². The quantitative estimate of drug-likeness (QED) is 0.545. The van der Waals surface area contributed by atoms with E-state index in [9.17, 15) is 4.79 Å². The molecule has 1 amide bonds. The summed E-state index contributed by atoms with van der Waals surface area (Å²) in [5, 5.41) is 12.6. The van der Waals surface area contributed by atoms with Crippen LogP contribution in [0.4, 0.5) is 5.69 Å². The topological polar surface area (TPSA) is 69.0 Å². The van der Waals surface area contributed by atoms with Crippen LogP contribution in [0.5, 0.6) is 5.75 Å². The van der Waals surface area contributed by atoms with Crippen molar-refractivity contribution in [2.75, 3.05) is 11.1 Å². The lowest BCUT2D eigenvalue weighted by atomic mass is 10.2. The van der Waals surface area contributed by atoms with E-state index in [1.54, 1.807) is 24.3 Å². The number of aryl methyl sites for hydroxylation is 1. The van der Waals surface area contributed by atoms with Gasteiger partial charge in [0.2, 0.25) is 5.91 Å². The van der Waals surface area contributed by atoms with Crippen molar-refractivity contribution in [2.24, 2.45) is 0 Å². The molecule has 0 spiro atoms. The Morgan fingerprint density at radius 1 is 1.21 bits per heavy atom.